The Hall–Kier alpha value is -6.18. The molecule has 8 aromatic rings. The molecular weight excluding hydrogens is 763 g/mol. The summed E-state index contributed by atoms with van der Waals surface area (Å²) in [5.74, 6) is 3.39. The first-order chi connectivity index (χ1) is 29.0. The van der Waals surface area contributed by atoms with Crippen LogP contribution in [0.2, 0.25) is 0 Å². The van der Waals surface area contributed by atoms with Gasteiger partial charge in [-0.1, -0.05) is 121 Å². The summed E-state index contributed by atoms with van der Waals surface area (Å²) in [7, 11) is 5.00. The molecule has 10 rings (SSSR count). The van der Waals surface area contributed by atoms with E-state index in [-0.39, 0.29) is 0 Å². The third-order valence-electron chi connectivity index (χ3n) is 11.9. The fourth-order valence-corrected chi connectivity index (χ4v) is 13.8. The third kappa shape index (κ3) is 6.05. The lowest BCUT2D eigenvalue weighted by Crippen LogP contribution is -2.29. The Morgan fingerprint density at radius 2 is 0.559 bits per heavy atom. The van der Waals surface area contributed by atoms with Gasteiger partial charge >= 0.3 is 0 Å². The van der Waals surface area contributed by atoms with E-state index in [1.165, 1.54) is 76.3 Å². The molecule has 0 fully saturated rings. The van der Waals surface area contributed by atoms with Gasteiger partial charge in [0.05, 0.1) is 33.9 Å². The Kier molecular flexibility index (Phi) is 9.56. The van der Waals surface area contributed by atoms with E-state index in [0.29, 0.717) is 0 Å². The quantitative estimate of drug-likeness (QED) is 0.129. The number of hydrogen-bond donors (Lipinski definition) is 0. The van der Waals surface area contributed by atoms with Gasteiger partial charge in [-0.2, -0.15) is 0 Å². The van der Waals surface area contributed by atoms with Crippen molar-refractivity contribution >= 4 is 47.7 Å². The highest BCUT2D eigenvalue weighted by atomic mass is 31.1. The molecular formula is C53H42O4P2. The molecule has 0 atom stereocenters. The second kappa shape index (κ2) is 15.2. The van der Waals surface area contributed by atoms with E-state index in [1.807, 2.05) is 0 Å². The van der Waals surface area contributed by atoms with Crippen molar-refractivity contribution in [1.82, 2.24) is 0 Å². The van der Waals surface area contributed by atoms with Crippen molar-refractivity contribution in [2.75, 3.05) is 28.4 Å². The molecule has 59 heavy (non-hydrogen) atoms. The Balaban J connectivity index is 1.22. The van der Waals surface area contributed by atoms with Gasteiger partial charge in [-0.05, 0) is 153 Å². The Bertz CT molecular complexity index is 2520. The van der Waals surface area contributed by atoms with Crippen LogP contribution in [0.25, 0.3) is 22.3 Å². The van der Waals surface area contributed by atoms with Crippen molar-refractivity contribution in [3.8, 4) is 45.3 Å². The van der Waals surface area contributed by atoms with Gasteiger partial charge in [0.1, 0.15) is 23.0 Å². The zero-order chi connectivity index (χ0) is 40.1. The highest BCUT2D eigenvalue weighted by Gasteiger charge is 2.52. The minimum atomic E-state index is -0.943. The van der Waals surface area contributed by atoms with E-state index in [1.54, 1.807) is 28.4 Å². The fourth-order valence-electron chi connectivity index (χ4n) is 9.21. The first-order valence-corrected chi connectivity index (χ1v) is 22.4. The van der Waals surface area contributed by atoms with Gasteiger partial charge in [0, 0.05) is 0 Å². The van der Waals surface area contributed by atoms with Crippen molar-refractivity contribution in [2.45, 2.75) is 5.41 Å². The van der Waals surface area contributed by atoms with Crippen LogP contribution in [-0.4, -0.2) is 28.4 Å². The van der Waals surface area contributed by atoms with Crippen LogP contribution in [0.4, 0.5) is 0 Å². The summed E-state index contributed by atoms with van der Waals surface area (Å²) in [6, 6.07) is 67.1. The number of ether oxygens (including phenoxy) is 4. The van der Waals surface area contributed by atoms with E-state index < -0.39 is 21.3 Å². The Morgan fingerprint density at radius 1 is 0.288 bits per heavy atom. The van der Waals surface area contributed by atoms with Gasteiger partial charge in [-0.15, -0.1) is 0 Å². The fraction of sp³-hybridized carbons (Fsp3) is 0.0943. The molecule has 0 unspecified atom stereocenters. The molecule has 0 saturated heterocycles. The van der Waals surface area contributed by atoms with Crippen molar-refractivity contribution < 1.29 is 18.9 Å². The van der Waals surface area contributed by atoms with Crippen molar-refractivity contribution in [2.24, 2.45) is 0 Å². The highest BCUT2D eigenvalue weighted by Crippen LogP contribution is 2.63. The van der Waals surface area contributed by atoms with E-state index in [9.17, 15) is 0 Å². The van der Waals surface area contributed by atoms with E-state index in [4.69, 9.17) is 18.9 Å². The second-order valence-electron chi connectivity index (χ2n) is 14.8. The normalized spacial score (nSPS) is 12.8. The molecule has 0 aromatic heterocycles. The molecule has 288 valence electrons. The minimum absolute atomic E-state index is 0.522. The molecule has 2 aliphatic carbocycles. The maximum atomic E-state index is 5.60. The van der Waals surface area contributed by atoms with Crippen LogP contribution >= 0.6 is 15.8 Å². The molecule has 0 heterocycles. The summed E-state index contributed by atoms with van der Waals surface area (Å²) >= 11 is 0. The summed E-state index contributed by atoms with van der Waals surface area (Å²) in [6.45, 7) is 0. The maximum Gasteiger partial charge on any atom is 0.118 e. The van der Waals surface area contributed by atoms with Crippen LogP contribution in [-0.2, 0) is 5.41 Å². The zero-order valence-corrected chi connectivity index (χ0v) is 35.1. The van der Waals surface area contributed by atoms with Gasteiger partial charge in [0.15, 0.2) is 0 Å². The molecule has 0 radical (unpaired) electrons. The van der Waals surface area contributed by atoms with Gasteiger partial charge in [0.2, 0.25) is 0 Å². The molecule has 2 aliphatic rings. The van der Waals surface area contributed by atoms with Crippen LogP contribution in [0.5, 0.6) is 23.0 Å². The third-order valence-corrected chi connectivity index (χ3v) is 16.7. The van der Waals surface area contributed by atoms with Crippen LogP contribution < -0.4 is 50.8 Å². The molecule has 1 spiro atoms. The summed E-state index contributed by atoms with van der Waals surface area (Å²) < 4.78 is 22.4. The topological polar surface area (TPSA) is 36.9 Å². The lowest BCUT2D eigenvalue weighted by atomic mass is 9.70. The zero-order valence-electron chi connectivity index (χ0n) is 33.3. The highest BCUT2D eigenvalue weighted by molar-refractivity contribution is 7.80. The Labute approximate surface area is 348 Å². The molecule has 8 aromatic carbocycles. The summed E-state index contributed by atoms with van der Waals surface area (Å²) in [4.78, 5) is 0. The SMILES string of the molecule is COc1ccc(P(c2ccc(OC)cc2)c2ccc3c(c2)C2(c4ccccc4-3)c3ccccc3-c3ccc(P(c4ccc(OC)cc4)c4ccc(OC)cc4)cc32)cc1. The maximum absolute atomic E-state index is 5.60. The second-order valence-corrected chi connectivity index (χ2v) is 19.2. The average Bonchev–Trinajstić information content (AvgIpc) is 3.77. The van der Waals surface area contributed by atoms with Gasteiger partial charge < -0.3 is 18.9 Å². The number of fused-ring (bicyclic) bond motifs is 10. The summed E-state index contributed by atoms with van der Waals surface area (Å²) in [6.07, 6.45) is 0. The summed E-state index contributed by atoms with van der Waals surface area (Å²) in [5.41, 5.74) is 9.92. The Morgan fingerprint density at radius 3 is 0.864 bits per heavy atom. The van der Waals surface area contributed by atoms with Gasteiger partial charge in [-0.3, -0.25) is 0 Å². The smallest absolute Gasteiger partial charge is 0.118 e. The largest absolute Gasteiger partial charge is 0.497 e. The molecule has 0 amide bonds. The van der Waals surface area contributed by atoms with Crippen molar-refractivity contribution in [3.05, 3.63) is 204 Å². The molecule has 6 heteroatoms. The van der Waals surface area contributed by atoms with E-state index in [0.717, 1.165) is 23.0 Å². The van der Waals surface area contributed by atoms with E-state index in [2.05, 4.69) is 182 Å². The number of hydrogen-bond acceptors (Lipinski definition) is 4. The molecule has 4 nitrogen and oxygen atoms in total. The summed E-state index contributed by atoms with van der Waals surface area (Å²) in [5, 5.41) is 7.62. The first kappa shape index (κ1) is 37.1. The number of rotatable bonds is 10. The van der Waals surface area contributed by atoms with Crippen molar-refractivity contribution in [1.29, 1.82) is 0 Å². The predicted molar refractivity (Wildman–Crippen MR) is 246 cm³/mol. The molecule has 0 saturated carbocycles. The molecule has 0 aliphatic heterocycles. The van der Waals surface area contributed by atoms with Gasteiger partial charge in [0.25, 0.3) is 0 Å². The predicted octanol–water partition coefficient (Wildman–Crippen LogP) is 9.58. The first-order valence-electron chi connectivity index (χ1n) is 19.7. The van der Waals surface area contributed by atoms with Crippen LogP contribution in [0.1, 0.15) is 22.3 Å². The molecule has 0 N–H and O–H groups in total. The standard InChI is InChI=1S/C53H42O4P2/c1-54-35-13-21-39(22-14-35)58(40-23-15-36(55-2)16-24-40)43-29-31-47-45-9-5-7-11-49(45)53(51(47)33-43)50-12-8-6-10-46(50)48-32-30-44(34-52(48)53)59(41-25-17-37(56-3)18-26-41)42-27-19-38(57-4)20-28-42/h5-34H,1-4H3. The van der Waals surface area contributed by atoms with E-state index >= 15 is 0 Å². The number of benzene rings is 8. The van der Waals surface area contributed by atoms with Crippen LogP contribution in [0, 0.1) is 0 Å². The number of methoxy groups -OCH3 is 4. The van der Waals surface area contributed by atoms with Crippen molar-refractivity contribution in [3.63, 3.8) is 0 Å². The average molecular weight is 805 g/mol. The van der Waals surface area contributed by atoms with Crippen LogP contribution in [0.3, 0.4) is 0 Å². The van der Waals surface area contributed by atoms with Gasteiger partial charge in [-0.25, -0.2) is 0 Å². The van der Waals surface area contributed by atoms with Crippen LogP contribution in [0.15, 0.2) is 182 Å². The lowest BCUT2D eigenvalue weighted by Gasteiger charge is -2.32. The minimum Gasteiger partial charge on any atom is -0.497 e. The lowest BCUT2D eigenvalue weighted by molar-refractivity contribution is 0.415. The molecule has 0 bridgehead atoms. The monoisotopic (exact) mass is 804 g/mol.